The molecule has 8 heteroatoms. The SMILES string of the molecule is CC(O)(c1ccnc(-c2cccc3cc(Cc4c(F)cccc4Cl)sc23)c1)C(F)(F)F. The second kappa shape index (κ2) is 7.89. The van der Waals surface area contributed by atoms with Gasteiger partial charge in [0.2, 0.25) is 0 Å². The number of aromatic nitrogens is 1. The lowest BCUT2D eigenvalue weighted by Gasteiger charge is -2.26. The molecule has 31 heavy (non-hydrogen) atoms. The Balaban J connectivity index is 1.77. The fraction of sp³-hybridized carbons (Fsp3) is 0.174. The molecule has 0 aliphatic heterocycles. The van der Waals surface area contributed by atoms with E-state index in [2.05, 4.69) is 4.98 Å². The van der Waals surface area contributed by atoms with Crippen molar-refractivity contribution >= 4 is 33.0 Å². The maximum absolute atomic E-state index is 14.2. The van der Waals surface area contributed by atoms with Crippen LogP contribution in [0.5, 0.6) is 0 Å². The van der Waals surface area contributed by atoms with Gasteiger partial charge in [0.1, 0.15) is 5.82 Å². The Morgan fingerprint density at radius 1 is 1.06 bits per heavy atom. The van der Waals surface area contributed by atoms with Gasteiger partial charge in [-0.2, -0.15) is 13.2 Å². The van der Waals surface area contributed by atoms with Crippen molar-refractivity contribution in [3.8, 4) is 11.3 Å². The van der Waals surface area contributed by atoms with Crippen molar-refractivity contribution in [2.24, 2.45) is 0 Å². The zero-order valence-electron chi connectivity index (χ0n) is 16.2. The van der Waals surface area contributed by atoms with Crippen LogP contribution in [-0.2, 0) is 12.0 Å². The second-order valence-electron chi connectivity index (χ2n) is 7.31. The molecule has 1 atom stereocenters. The first-order chi connectivity index (χ1) is 14.6. The summed E-state index contributed by atoms with van der Waals surface area (Å²) in [6, 6.07) is 14.2. The molecule has 0 radical (unpaired) electrons. The Kier molecular flexibility index (Phi) is 5.54. The number of pyridine rings is 1. The lowest BCUT2D eigenvalue weighted by molar-refractivity contribution is -0.258. The highest BCUT2D eigenvalue weighted by molar-refractivity contribution is 7.19. The molecule has 4 rings (SSSR count). The van der Waals surface area contributed by atoms with E-state index in [-0.39, 0.29) is 5.56 Å². The van der Waals surface area contributed by atoms with Crippen molar-refractivity contribution in [3.05, 3.63) is 87.6 Å². The summed E-state index contributed by atoms with van der Waals surface area (Å²) in [5.41, 5.74) is -1.96. The van der Waals surface area contributed by atoms with Gasteiger partial charge in [-0.25, -0.2) is 4.39 Å². The highest BCUT2D eigenvalue weighted by atomic mass is 35.5. The van der Waals surface area contributed by atoms with Gasteiger partial charge in [-0.3, -0.25) is 4.98 Å². The van der Waals surface area contributed by atoms with Gasteiger partial charge in [0.25, 0.3) is 0 Å². The fourth-order valence-electron chi connectivity index (χ4n) is 3.33. The van der Waals surface area contributed by atoms with E-state index in [1.54, 1.807) is 24.3 Å². The number of thiophene rings is 1. The maximum atomic E-state index is 14.2. The van der Waals surface area contributed by atoms with Crippen LogP contribution < -0.4 is 0 Å². The summed E-state index contributed by atoms with van der Waals surface area (Å²) in [7, 11) is 0. The molecule has 2 aromatic heterocycles. The molecule has 0 spiro atoms. The van der Waals surface area contributed by atoms with Gasteiger partial charge in [0.15, 0.2) is 5.60 Å². The summed E-state index contributed by atoms with van der Waals surface area (Å²) in [4.78, 5) is 5.08. The maximum Gasteiger partial charge on any atom is 0.421 e. The van der Waals surface area contributed by atoms with Crippen LogP contribution in [0.1, 0.15) is 22.9 Å². The first kappa shape index (κ1) is 21.7. The standard InChI is InChI=1S/C23H16ClF4NOS/c1-22(30,23(26,27)28)14-8-9-29-20(11-14)16-5-2-4-13-10-15(31-21(13)16)12-17-18(24)6-3-7-19(17)25/h2-11,30H,12H2,1H3. The number of hydrogen-bond acceptors (Lipinski definition) is 3. The van der Waals surface area contributed by atoms with Gasteiger partial charge in [-0.05, 0) is 48.2 Å². The van der Waals surface area contributed by atoms with Crippen LogP contribution in [0.2, 0.25) is 5.02 Å². The van der Waals surface area contributed by atoms with E-state index in [0.29, 0.717) is 35.2 Å². The minimum atomic E-state index is -4.83. The normalized spacial score (nSPS) is 14.0. The van der Waals surface area contributed by atoms with Crippen LogP contribution in [0.15, 0.2) is 60.8 Å². The van der Waals surface area contributed by atoms with Crippen LogP contribution in [0.4, 0.5) is 17.6 Å². The van der Waals surface area contributed by atoms with Crippen molar-refractivity contribution in [1.82, 2.24) is 4.98 Å². The minimum absolute atomic E-state index is 0.292. The van der Waals surface area contributed by atoms with Crippen LogP contribution in [0.25, 0.3) is 21.3 Å². The van der Waals surface area contributed by atoms with Crippen LogP contribution in [0.3, 0.4) is 0 Å². The molecule has 0 bridgehead atoms. The summed E-state index contributed by atoms with van der Waals surface area (Å²) in [6.07, 6.45) is -3.29. The van der Waals surface area contributed by atoms with E-state index < -0.39 is 17.6 Å². The lowest BCUT2D eigenvalue weighted by atomic mass is 9.94. The van der Waals surface area contributed by atoms with Crippen LogP contribution in [-0.4, -0.2) is 16.3 Å². The third-order valence-corrected chi connectivity index (χ3v) is 6.70. The Bertz CT molecular complexity index is 1250. The molecule has 0 saturated carbocycles. The largest absolute Gasteiger partial charge is 0.421 e. The number of alkyl halides is 3. The summed E-state index contributed by atoms with van der Waals surface area (Å²) in [5, 5.41) is 11.2. The second-order valence-corrected chi connectivity index (χ2v) is 8.86. The highest BCUT2D eigenvalue weighted by Gasteiger charge is 2.51. The van der Waals surface area contributed by atoms with Gasteiger partial charge in [0.05, 0.1) is 5.69 Å². The number of rotatable bonds is 4. The third kappa shape index (κ3) is 4.05. The summed E-state index contributed by atoms with van der Waals surface area (Å²) in [6.45, 7) is 0.716. The summed E-state index contributed by atoms with van der Waals surface area (Å²) >= 11 is 7.54. The molecule has 2 heterocycles. The average molecular weight is 466 g/mol. The van der Waals surface area contributed by atoms with E-state index in [4.69, 9.17) is 11.6 Å². The average Bonchev–Trinajstić information content (AvgIpc) is 3.13. The molecule has 2 aromatic carbocycles. The zero-order chi connectivity index (χ0) is 22.4. The molecular formula is C23H16ClF4NOS. The Morgan fingerprint density at radius 2 is 1.81 bits per heavy atom. The molecule has 160 valence electrons. The lowest BCUT2D eigenvalue weighted by Crippen LogP contribution is -2.39. The molecule has 2 nitrogen and oxygen atoms in total. The Morgan fingerprint density at radius 3 is 2.52 bits per heavy atom. The number of halogens is 5. The minimum Gasteiger partial charge on any atom is -0.376 e. The number of aliphatic hydroxyl groups is 1. The van der Waals surface area contributed by atoms with Crippen LogP contribution in [0, 0.1) is 5.82 Å². The number of fused-ring (bicyclic) bond motifs is 1. The van der Waals surface area contributed by atoms with Crippen molar-refractivity contribution in [2.45, 2.75) is 25.1 Å². The number of nitrogens with zero attached hydrogens (tertiary/aromatic N) is 1. The number of hydrogen-bond donors (Lipinski definition) is 1. The van der Waals surface area contributed by atoms with E-state index in [1.165, 1.54) is 29.7 Å². The van der Waals surface area contributed by atoms with Crippen molar-refractivity contribution in [1.29, 1.82) is 0 Å². The quantitative estimate of drug-likeness (QED) is 0.325. The predicted octanol–water partition coefficient (Wildman–Crippen LogP) is 7.12. The highest BCUT2D eigenvalue weighted by Crippen LogP contribution is 2.41. The Hall–Kier alpha value is -2.48. The van der Waals surface area contributed by atoms with E-state index in [9.17, 15) is 22.7 Å². The molecular weight excluding hydrogens is 450 g/mol. The van der Waals surface area contributed by atoms with Gasteiger partial charge < -0.3 is 5.11 Å². The van der Waals surface area contributed by atoms with Gasteiger partial charge in [0, 0.05) is 38.3 Å². The molecule has 0 fully saturated rings. The van der Waals surface area contributed by atoms with Crippen molar-refractivity contribution in [2.75, 3.05) is 0 Å². The molecule has 0 aliphatic rings. The van der Waals surface area contributed by atoms with Gasteiger partial charge in [-0.1, -0.05) is 35.9 Å². The zero-order valence-corrected chi connectivity index (χ0v) is 17.7. The first-order valence-electron chi connectivity index (χ1n) is 9.28. The van der Waals surface area contributed by atoms with Crippen molar-refractivity contribution in [3.63, 3.8) is 0 Å². The number of benzene rings is 2. The fourth-order valence-corrected chi connectivity index (χ4v) is 4.75. The smallest absolute Gasteiger partial charge is 0.376 e. The molecule has 1 unspecified atom stereocenters. The van der Waals surface area contributed by atoms with Gasteiger partial charge >= 0.3 is 6.18 Å². The topological polar surface area (TPSA) is 33.1 Å². The summed E-state index contributed by atoms with van der Waals surface area (Å²) < 4.78 is 54.8. The predicted molar refractivity (Wildman–Crippen MR) is 115 cm³/mol. The monoisotopic (exact) mass is 465 g/mol. The van der Waals surface area contributed by atoms with Gasteiger partial charge in [-0.15, -0.1) is 11.3 Å². The first-order valence-corrected chi connectivity index (χ1v) is 10.5. The summed E-state index contributed by atoms with van der Waals surface area (Å²) in [5.74, 6) is -0.395. The van der Waals surface area contributed by atoms with Crippen molar-refractivity contribution < 1.29 is 22.7 Å². The van der Waals surface area contributed by atoms with E-state index >= 15 is 0 Å². The molecule has 0 saturated heterocycles. The third-order valence-electron chi connectivity index (χ3n) is 5.16. The van der Waals surface area contributed by atoms with E-state index in [1.807, 2.05) is 12.1 Å². The molecule has 0 amide bonds. The molecule has 4 aromatic rings. The molecule has 0 aliphatic carbocycles. The van der Waals surface area contributed by atoms with E-state index in [0.717, 1.165) is 21.0 Å². The van der Waals surface area contributed by atoms with Crippen LogP contribution >= 0.6 is 22.9 Å². The Labute approximate surface area is 184 Å². The molecule has 1 N–H and O–H groups in total.